The van der Waals surface area contributed by atoms with Crippen molar-refractivity contribution in [2.24, 2.45) is 0 Å². The zero-order valence-corrected chi connectivity index (χ0v) is 17.4. The minimum Gasteiger partial charge on any atom is -0.454 e. The van der Waals surface area contributed by atoms with E-state index in [1.54, 1.807) is 44.2 Å². The van der Waals surface area contributed by atoms with E-state index >= 15 is 0 Å². The van der Waals surface area contributed by atoms with Crippen molar-refractivity contribution >= 4 is 27.5 Å². The first-order chi connectivity index (χ1) is 13.8. The molecule has 0 radical (unpaired) electrons. The average molecular weight is 456 g/mol. The predicted octanol–water partition coefficient (Wildman–Crippen LogP) is 3.78. The molecule has 0 bridgehead atoms. The van der Waals surface area contributed by atoms with Gasteiger partial charge in [-0.05, 0) is 62.4 Å². The molecule has 0 spiro atoms. The molecule has 0 atom stereocenters. The van der Waals surface area contributed by atoms with Crippen LogP contribution in [0.2, 0.25) is 0 Å². The molecule has 0 saturated heterocycles. The molecule has 0 saturated carbocycles. The Morgan fingerprint density at radius 3 is 2.55 bits per heavy atom. The molecule has 1 aliphatic heterocycles. The van der Waals surface area contributed by atoms with E-state index in [1.165, 1.54) is 10.7 Å². The normalized spacial score (nSPS) is 12.7. The van der Waals surface area contributed by atoms with Crippen LogP contribution in [0.5, 0.6) is 11.5 Å². The van der Waals surface area contributed by atoms with E-state index in [4.69, 9.17) is 9.47 Å². The number of amides is 1. The first-order valence-electron chi connectivity index (χ1n) is 8.92. The SMILES string of the molecule is CC(C)(C(=O)Nc1ccc(Br)cc1)n1nc(-c2ccc3c(c2)OCO3)ccc1=O. The number of anilines is 1. The molecule has 1 amide bonds. The van der Waals surface area contributed by atoms with Gasteiger partial charge in [0.2, 0.25) is 6.79 Å². The smallest absolute Gasteiger partial charge is 0.267 e. The van der Waals surface area contributed by atoms with Gasteiger partial charge in [-0.15, -0.1) is 0 Å². The molecule has 0 fully saturated rings. The van der Waals surface area contributed by atoms with Gasteiger partial charge in [-0.2, -0.15) is 5.10 Å². The molecular formula is C21H18BrN3O4. The number of fused-ring (bicyclic) bond motifs is 1. The lowest BCUT2D eigenvalue weighted by molar-refractivity contribution is -0.123. The summed E-state index contributed by atoms with van der Waals surface area (Å²) in [4.78, 5) is 25.4. The topological polar surface area (TPSA) is 82.5 Å². The summed E-state index contributed by atoms with van der Waals surface area (Å²) < 4.78 is 12.8. The van der Waals surface area contributed by atoms with Crippen LogP contribution in [0.25, 0.3) is 11.3 Å². The van der Waals surface area contributed by atoms with Gasteiger partial charge in [-0.3, -0.25) is 9.59 Å². The molecule has 29 heavy (non-hydrogen) atoms. The third kappa shape index (κ3) is 3.75. The van der Waals surface area contributed by atoms with E-state index in [2.05, 4.69) is 26.3 Å². The van der Waals surface area contributed by atoms with Crippen molar-refractivity contribution in [3.8, 4) is 22.8 Å². The maximum absolute atomic E-state index is 12.9. The van der Waals surface area contributed by atoms with Gasteiger partial charge in [0.05, 0.1) is 5.69 Å². The Kier molecular flexibility index (Phi) is 4.87. The molecule has 7 nitrogen and oxygen atoms in total. The van der Waals surface area contributed by atoms with Crippen molar-refractivity contribution in [1.29, 1.82) is 0 Å². The highest BCUT2D eigenvalue weighted by molar-refractivity contribution is 9.10. The van der Waals surface area contributed by atoms with Crippen molar-refractivity contribution in [3.63, 3.8) is 0 Å². The van der Waals surface area contributed by atoms with Crippen molar-refractivity contribution in [2.45, 2.75) is 19.4 Å². The van der Waals surface area contributed by atoms with Crippen molar-refractivity contribution in [2.75, 3.05) is 12.1 Å². The Morgan fingerprint density at radius 2 is 1.79 bits per heavy atom. The first-order valence-corrected chi connectivity index (χ1v) is 9.72. The minimum atomic E-state index is -1.21. The fourth-order valence-electron chi connectivity index (χ4n) is 2.93. The molecule has 2 heterocycles. The Morgan fingerprint density at radius 1 is 1.07 bits per heavy atom. The fourth-order valence-corrected chi connectivity index (χ4v) is 3.20. The number of aromatic nitrogens is 2. The first kappa shape index (κ1) is 19.2. The molecule has 0 unspecified atom stereocenters. The number of nitrogens with zero attached hydrogens (tertiary/aromatic N) is 2. The summed E-state index contributed by atoms with van der Waals surface area (Å²) in [5.74, 6) is 0.933. The average Bonchev–Trinajstić information content (AvgIpc) is 3.17. The van der Waals surface area contributed by atoms with Crippen LogP contribution in [-0.4, -0.2) is 22.5 Å². The van der Waals surface area contributed by atoms with E-state index in [1.807, 2.05) is 18.2 Å². The van der Waals surface area contributed by atoms with Gasteiger partial charge in [0.15, 0.2) is 11.5 Å². The molecule has 3 aromatic rings. The lowest BCUT2D eigenvalue weighted by atomic mass is 10.0. The van der Waals surface area contributed by atoms with Gasteiger partial charge in [-0.25, -0.2) is 4.68 Å². The van der Waals surface area contributed by atoms with E-state index < -0.39 is 5.54 Å². The maximum Gasteiger partial charge on any atom is 0.267 e. The van der Waals surface area contributed by atoms with Gasteiger partial charge < -0.3 is 14.8 Å². The molecule has 8 heteroatoms. The maximum atomic E-state index is 12.9. The number of carbonyl (C=O) groups excluding carboxylic acids is 1. The van der Waals surface area contributed by atoms with E-state index in [0.717, 1.165) is 10.0 Å². The van der Waals surface area contributed by atoms with Gasteiger partial charge in [0, 0.05) is 21.8 Å². The van der Waals surface area contributed by atoms with Crippen LogP contribution in [0.4, 0.5) is 5.69 Å². The molecule has 4 rings (SSSR count). The third-order valence-electron chi connectivity index (χ3n) is 4.66. The molecule has 2 aromatic carbocycles. The third-order valence-corrected chi connectivity index (χ3v) is 5.18. The van der Waals surface area contributed by atoms with Crippen LogP contribution in [-0.2, 0) is 10.3 Å². The molecule has 1 N–H and O–H groups in total. The van der Waals surface area contributed by atoms with Gasteiger partial charge in [0.1, 0.15) is 5.54 Å². The standard InChI is InChI=1S/C21H18BrN3O4/c1-21(2,20(27)23-15-6-4-14(22)5-7-15)25-19(26)10-8-16(24-25)13-3-9-17-18(11-13)29-12-28-17/h3-11H,12H2,1-2H3,(H,23,27). The number of carbonyl (C=O) groups is 1. The van der Waals surface area contributed by atoms with Crippen LogP contribution in [0.15, 0.2) is 63.9 Å². The second-order valence-electron chi connectivity index (χ2n) is 7.06. The monoisotopic (exact) mass is 455 g/mol. The molecule has 1 aliphatic rings. The number of ether oxygens (including phenoxy) is 2. The quantitative estimate of drug-likeness (QED) is 0.647. The number of halogens is 1. The molecule has 0 aliphatic carbocycles. The van der Waals surface area contributed by atoms with Crippen LogP contribution in [0, 0.1) is 0 Å². The van der Waals surface area contributed by atoms with Gasteiger partial charge in [-0.1, -0.05) is 15.9 Å². The Bertz CT molecular complexity index is 1140. The van der Waals surface area contributed by atoms with E-state index in [0.29, 0.717) is 22.9 Å². The predicted molar refractivity (Wildman–Crippen MR) is 112 cm³/mol. The summed E-state index contributed by atoms with van der Waals surface area (Å²) in [5, 5.41) is 7.29. The second-order valence-corrected chi connectivity index (χ2v) is 7.97. The van der Waals surface area contributed by atoms with Crippen LogP contribution >= 0.6 is 15.9 Å². The van der Waals surface area contributed by atoms with Crippen LogP contribution in [0.3, 0.4) is 0 Å². The summed E-state index contributed by atoms with van der Waals surface area (Å²) in [5.41, 5.74) is 0.354. The number of hydrogen-bond acceptors (Lipinski definition) is 5. The summed E-state index contributed by atoms with van der Waals surface area (Å²) in [6.07, 6.45) is 0. The summed E-state index contributed by atoms with van der Waals surface area (Å²) >= 11 is 3.36. The number of hydrogen-bond donors (Lipinski definition) is 1. The van der Waals surface area contributed by atoms with Gasteiger partial charge in [0.25, 0.3) is 11.5 Å². The Balaban J connectivity index is 1.66. The fraction of sp³-hybridized carbons (Fsp3) is 0.190. The zero-order chi connectivity index (χ0) is 20.6. The van der Waals surface area contributed by atoms with Crippen molar-refractivity contribution < 1.29 is 14.3 Å². The lowest BCUT2D eigenvalue weighted by Gasteiger charge is -2.25. The second kappa shape index (κ2) is 7.36. The van der Waals surface area contributed by atoms with Gasteiger partial charge >= 0.3 is 0 Å². The van der Waals surface area contributed by atoms with Crippen LogP contribution in [0.1, 0.15) is 13.8 Å². The zero-order valence-electron chi connectivity index (χ0n) is 15.8. The van der Waals surface area contributed by atoms with E-state index in [9.17, 15) is 9.59 Å². The Hall–Kier alpha value is -3.13. The summed E-state index contributed by atoms with van der Waals surface area (Å²) in [7, 11) is 0. The molecule has 1 aromatic heterocycles. The molecular weight excluding hydrogens is 438 g/mol. The van der Waals surface area contributed by atoms with Crippen LogP contribution < -0.4 is 20.3 Å². The number of rotatable bonds is 4. The largest absolute Gasteiger partial charge is 0.454 e. The summed E-state index contributed by atoms with van der Waals surface area (Å²) in [6, 6.07) is 15.7. The summed E-state index contributed by atoms with van der Waals surface area (Å²) in [6.45, 7) is 3.48. The highest BCUT2D eigenvalue weighted by Gasteiger charge is 2.32. The van der Waals surface area contributed by atoms with Crippen molar-refractivity contribution in [1.82, 2.24) is 9.78 Å². The lowest BCUT2D eigenvalue weighted by Crippen LogP contribution is -2.47. The highest BCUT2D eigenvalue weighted by atomic mass is 79.9. The van der Waals surface area contributed by atoms with Crippen molar-refractivity contribution in [3.05, 3.63) is 69.4 Å². The number of benzene rings is 2. The number of nitrogens with one attached hydrogen (secondary N) is 1. The minimum absolute atomic E-state index is 0.176. The molecule has 148 valence electrons. The van der Waals surface area contributed by atoms with E-state index in [-0.39, 0.29) is 18.3 Å². The highest BCUT2D eigenvalue weighted by Crippen LogP contribution is 2.35. The Labute approximate surface area is 175 Å².